The molecule has 0 bridgehead atoms. The van der Waals surface area contributed by atoms with Crippen LogP contribution in [0.2, 0.25) is 0 Å². The summed E-state index contributed by atoms with van der Waals surface area (Å²) >= 11 is 0. The molecule has 1 fully saturated rings. The number of nitrogens with one attached hydrogen (secondary N) is 1. The number of carboxylic acids is 1. The maximum Gasteiger partial charge on any atom is 0.307 e. The molecule has 0 amide bonds. The summed E-state index contributed by atoms with van der Waals surface area (Å²) in [6, 6.07) is 6.09. The molecular formula is C12H15NO5S. The van der Waals surface area contributed by atoms with Crippen LogP contribution >= 0.6 is 0 Å². The Kier molecular flexibility index (Phi) is 3.51. The van der Waals surface area contributed by atoms with Crippen molar-refractivity contribution in [2.24, 2.45) is 0 Å². The van der Waals surface area contributed by atoms with Gasteiger partial charge in [0.1, 0.15) is 11.4 Å². The van der Waals surface area contributed by atoms with E-state index in [0.717, 1.165) is 6.26 Å². The van der Waals surface area contributed by atoms with Crippen molar-refractivity contribution < 1.29 is 23.1 Å². The lowest BCUT2D eigenvalue weighted by Crippen LogP contribution is -2.64. The van der Waals surface area contributed by atoms with Crippen LogP contribution in [0.15, 0.2) is 29.2 Å². The first-order valence-electron chi connectivity index (χ1n) is 5.72. The van der Waals surface area contributed by atoms with E-state index in [1.54, 1.807) is 12.1 Å². The standard InChI is InChI=1S/C12H15NO5S/c1-19(16,17)10-4-2-3-9(5-10)18-12(6-11(14)15)7-13-8-12/h2-5,13H,6-8H2,1H3,(H,14,15). The largest absolute Gasteiger partial charge is 0.484 e. The SMILES string of the molecule is CS(=O)(=O)c1cccc(OC2(CC(=O)O)CNC2)c1. The van der Waals surface area contributed by atoms with Crippen molar-refractivity contribution >= 4 is 15.8 Å². The van der Waals surface area contributed by atoms with Crippen LogP contribution in [0.5, 0.6) is 5.75 Å². The third-order valence-electron chi connectivity index (χ3n) is 2.94. The molecule has 2 rings (SSSR count). The first-order valence-corrected chi connectivity index (χ1v) is 7.62. The molecule has 1 aliphatic heterocycles. The summed E-state index contributed by atoms with van der Waals surface area (Å²) in [6.45, 7) is 0.866. The molecule has 0 aliphatic carbocycles. The van der Waals surface area contributed by atoms with Gasteiger partial charge >= 0.3 is 5.97 Å². The quantitative estimate of drug-likeness (QED) is 0.807. The van der Waals surface area contributed by atoms with E-state index in [1.807, 2.05) is 0 Å². The lowest BCUT2D eigenvalue weighted by Gasteiger charge is -2.41. The number of aliphatic carboxylic acids is 1. The molecule has 0 unspecified atom stereocenters. The van der Waals surface area contributed by atoms with E-state index in [-0.39, 0.29) is 11.3 Å². The predicted molar refractivity (Wildman–Crippen MR) is 68.0 cm³/mol. The molecule has 104 valence electrons. The molecule has 0 spiro atoms. The molecule has 1 aliphatic rings. The van der Waals surface area contributed by atoms with Gasteiger partial charge in [0.15, 0.2) is 9.84 Å². The van der Waals surface area contributed by atoms with Gasteiger partial charge in [-0.2, -0.15) is 0 Å². The fraction of sp³-hybridized carbons (Fsp3) is 0.417. The topological polar surface area (TPSA) is 92.7 Å². The van der Waals surface area contributed by atoms with E-state index in [4.69, 9.17) is 9.84 Å². The van der Waals surface area contributed by atoms with Crippen LogP contribution in [-0.4, -0.2) is 44.4 Å². The van der Waals surface area contributed by atoms with Crippen molar-refractivity contribution in [2.75, 3.05) is 19.3 Å². The maximum absolute atomic E-state index is 11.4. The molecule has 7 heteroatoms. The summed E-state index contributed by atoms with van der Waals surface area (Å²) in [6.07, 6.45) is 0.993. The highest BCUT2D eigenvalue weighted by atomic mass is 32.2. The van der Waals surface area contributed by atoms with Crippen molar-refractivity contribution in [1.29, 1.82) is 0 Å². The van der Waals surface area contributed by atoms with Crippen LogP contribution < -0.4 is 10.1 Å². The minimum absolute atomic E-state index is 0.122. The number of carboxylic acid groups (broad SMARTS) is 1. The van der Waals surface area contributed by atoms with Gasteiger partial charge < -0.3 is 15.2 Å². The van der Waals surface area contributed by atoms with Gasteiger partial charge in [-0.15, -0.1) is 0 Å². The maximum atomic E-state index is 11.4. The average molecular weight is 285 g/mol. The number of carbonyl (C=O) groups is 1. The number of hydrogen-bond donors (Lipinski definition) is 2. The van der Waals surface area contributed by atoms with Crippen molar-refractivity contribution in [1.82, 2.24) is 5.32 Å². The Labute approximate surface area is 111 Å². The van der Waals surface area contributed by atoms with Crippen molar-refractivity contribution in [2.45, 2.75) is 16.9 Å². The molecule has 0 atom stereocenters. The zero-order chi connectivity index (χ0) is 14.1. The van der Waals surface area contributed by atoms with Crippen LogP contribution in [0.25, 0.3) is 0 Å². The van der Waals surface area contributed by atoms with Gasteiger partial charge in [-0.05, 0) is 18.2 Å². The minimum Gasteiger partial charge on any atom is -0.484 e. The monoisotopic (exact) mass is 285 g/mol. The van der Waals surface area contributed by atoms with Crippen LogP contribution in [0.1, 0.15) is 6.42 Å². The second-order valence-electron chi connectivity index (χ2n) is 4.71. The van der Waals surface area contributed by atoms with E-state index in [2.05, 4.69) is 5.32 Å². The first kappa shape index (κ1) is 13.8. The molecule has 1 aromatic rings. The Morgan fingerprint density at radius 3 is 2.63 bits per heavy atom. The Balaban J connectivity index is 2.21. The molecule has 19 heavy (non-hydrogen) atoms. The number of rotatable bonds is 5. The number of hydrogen-bond acceptors (Lipinski definition) is 5. The molecule has 6 nitrogen and oxygen atoms in total. The van der Waals surface area contributed by atoms with Gasteiger partial charge in [-0.25, -0.2) is 8.42 Å². The summed E-state index contributed by atoms with van der Waals surface area (Å²) in [5.41, 5.74) is -0.790. The number of sulfone groups is 1. The van der Waals surface area contributed by atoms with Gasteiger partial charge in [0, 0.05) is 19.3 Å². The molecular weight excluding hydrogens is 270 g/mol. The minimum atomic E-state index is -3.30. The molecule has 0 aromatic heterocycles. The fourth-order valence-corrected chi connectivity index (χ4v) is 2.59. The highest BCUT2D eigenvalue weighted by Crippen LogP contribution is 2.27. The molecule has 2 N–H and O–H groups in total. The number of ether oxygens (including phenoxy) is 1. The van der Waals surface area contributed by atoms with Crippen LogP contribution in [0, 0.1) is 0 Å². The highest BCUT2D eigenvalue weighted by molar-refractivity contribution is 7.90. The average Bonchev–Trinajstić information content (AvgIpc) is 2.24. The van der Waals surface area contributed by atoms with Gasteiger partial charge in [-0.1, -0.05) is 6.07 Å². The summed E-state index contributed by atoms with van der Waals surface area (Å²) < 4.78 is 28.6. The summed E-state index contributed by atoms with van der Waals surface area (Å²) in [4.78, 5) is 11.0. The van der Waals surface area contributed by atoms with E-state index < -0.39 is 21.4 Å². The molecule has 0 saturated carbocycles. The van der Waals surface area contributed by atoms with E-state index in [9.17, 15) is 13.2 Å². The lowest BCUT2D eigenvalue weighted by atomic mass is 9.92. The van der Waals surface area contributed by atoms with Crippen molar-refractivity contribution in [3.05, 3.63) is 24.3 Å². The second-order valence-corrected chi connectivity index (χ2v) is 6.72. The highest BCUT2D eigenvalue weighted by Gasteiger charge is 2.41. The fourth-order valence-electron chi connectivity index (χ4n) is 1.93. The third-order valence-corrected chi connectivity index (χ3v) is 4.05. The van der Waals surface area contributed by atoms with Crippen molar-refractivity contribution in [3.63, 3.8) is 0 Å². The Morgan fingerprint density at radius 1 is 1.47 bits per heavy atom. The smallest absolute Gasteiger partial charge is 0.307 e. The van der Waals surface area contributed by atoms with Gasteiger partial charge in [0.25, 0.3) is 0 Å². The summed E-state index contributed by atoms with van der Waals surface area (Å²) in [5, 5.41) is 11.8. The van der Waals surface area contributed by atoms with E-state index >= 15 is 0 Å². The lowest BCUT2D eigenvalue weighted by molar-refractivity contribution is -0.143. The normalized spacial score (nSPS) is 17.5. The van der Waals surface area contributed by atoms with Crippen LogP contribution in [0.4, 0.5) is 0 Å². The van der Waals surface area contributed by atoms with E-state index in [0.29, 0.717) is 18.8 Å². The van der Waals surface area contributed by atoms with Crippen LogP contribution in [-0.2, 0) is 14.6 Å². The summed E-state index contributed by atoms with van der Waals surface area (Å²) in [5.74, 6) is -0.577. The molecule has 1 heterocycles. The van der Waals surface area contributed by atoms with Crippen LogP contribution in [0.3, 0.4) is 0 Å². The second kappa shape index (κ2) is 4.82. The van der Waals surface area contributed by atoms with Gasteiger partial charge in [0.05, 0.1) is 11.3 Å². The Bertz CT molecular complexity index is 592. The Hall–Kier alpha value is -1.60. The van der Waals surface area contributed by atoms with Gasteiger partial charge in [-0.3, -0.25) is 4.79 Å². The molecule has 1 saturated heterocycles. The van der Waals surface area contributed by atoms with E-state index in [1.165, 1.54) is 12.1 Å². The molecule has 0 radical (unpaired) electrons. The Morgan fingerprint density at radius 2 is 2.16 bits per heavy atom. The van der Waals surface area contributed by atoms with Gasteiger partial charge in [0.2, 0.25) is 0 Å². The molecule has 1 aromatic carbocycles. The van der Waals surface area contributed by atoms with Crippen molar-refractivity contribution in [3.8, 4) is 5.75 Å². The third kappa shape index (κ3) is 3.24. The summed E-state index contributed by atoms with van der Waals surface area (Å²) in [7, 11) is -3.30. The first-order chi connectivity index (χ1) is 8.81. The predicted octanol–water partition coefficient (Wildman–Crippen LogP) is 0.286. The zero-order valence-electron chi connectivity index (χ0n) is 10.4. The number of benzene rings is 1. The zero-order valence-corrected chi connectivity index (χ0v) is 11.2.